The maximum absolute atomic E-state index is 12.9. The number of aliphatic hydroxyl groups is 1. The van der Waals surface area contributed by atoms with Gasteiger partial charge in [-0.15, -0.1) is 11.8 Å². The lowest BCUT2D eigenvalue weighted by molar-refractivity contribution is -0.131. The van der Waals surface area contributed by atoms with Crippen molar-refractivity contribution >= 4 is 29.3 Å². The van der Waals surface area contributed by atoms with Crippen molar-refractivity contribution in [2.75, 3.05) is 12.0 Å². The van der Waals surface area contributed by atoms with Crippen LogP contribution in [0.3, 0.4) is 0 Å². The van der Waals surface area contributed by atoms with E-state index in [-0.39, 0.29) is 12.3 Å². The van der Waals surface area contributed by atoms with Crippen LogP contribution in [0.4, 0.5) is 5.69 Å². The molecule has 2 atom stereocenters. The number of rotatable bonds is 4. The van der Waals surface area contributed by atoms with Crippen LogP contribution in [0.15, 0.2) is 53.4 Å². The third-order valence-electron chi connectivity index (χ3n) is 4.28. The van der Waals surface area contributed by atoms with Crippen molar-refractivity contribution in [1.29, 1.82) is 0 Å². The monoisotopic (exact) mass is 371 g/mol. The van der Waals surface area contributed by atoms with Gasteiger partial charge in [0, 0.05) is 11.3 Å². The predicted molar refractivity (Wildman–Crippen MR) is 101 cm³/mol. The Balaban J connectivity index is 2.04. The Morgan fingerprint density at radius 3 is 2.54 bits per heavy atom. The van der Waals surface area contributed by atoms with Crippen LogP contribution in [0.25, 0.3) is 0 Å². The Bertz CT molecular complexity index is 806. The average Bonchev–Trinajstić information content (AvgIpc) is 2.77. The molecule has 0 bridgehead atoms. The second-order valence-corrected chi connectivity index (χ2v) is 7.22. The molecule has 2 aromatic carbocycles. The molecule has 1 aliphatic heterocycles. The van der Waals surface area contributed by atoms with Crippen LogP contribution in [0.1, 0.15) is 30.6 Å². The first kappa shape index (κ1) is 18.5. The summed E-state index contributed by atoms with van der Waals surface area (Å²) in [6.45, 7) is 1.89. The van der Waals surface area contributed by atoms with Gasteiger partial charge in [0.15, 0.2) is 0 Å². The van der Waals surface area contributed by atoms with Gasteiger partial charge < -0.3 is 9.84 Å². The summed E-state index contributed by atoms with van der Waals surface area (Å²) in [5.74, 6) is -0.171. The molecule has 5 nitrogen and oxygen atoms in total. The first-order valence-electron chi connectivity index (χ1n) is 8.51. The van der Waals surface area contributed by atoms with Crippen molar-refractivity contribution in [2.24, 2.45) is 0 Å². The molecule has 2 amide bonds. The summed E-state index contributed by atoms with van der Waals surface area (Å²) in [7, 11) is 1.58. The number of nitrogens with zero attached hydrogens (tertiary/aromatic N) is 1. The van der Waals surface area contributed by atoms with Gasteiger partial charge in [-0.1, -0.05) is 31.2 Å². The summed E-state index contributed by atoms with van der Waals surface area (Å²) in [4.78, 5) is 27.4. The Morgan fingerprint density at radius 1 is 1.19 bits per heavy atom. The Kier molecular flexibility index (Phi) is 5.64. The van der Waals surface area contributed by atoms with Gasteiger partial charge in [-0.2, -0.15) is 0 Å². The number of hydrogen-bond donors (Lipinski definition) is 1. The molecule has 0 saturated heterocycles. The smallest absolute Gasteiger partial charge is 0.264 e. The number of anilines is 1. The summed E-state index contributed by atoms with van der Waals surface area (Å²) < 4.78 is 5.17. The van der Waals surface area contributed by atoms with Crippen LogP contribution in [0, 0.1) is 0 Å². The van der Waals surface area contributed by atoms with Gasteiger partial charge in [0.05, 0.1) is 18.0 Å². The molecule has 0 fully saturated rings. The van der Waals surface area contributed by atoms with Gasteiger partial charge in [0.25, 0.3) is 5.91 Å². The zero-order valence-corrected chi connectivity index (χ0v) is 15.5. The fourth-order valence-electron chi connectivity index (χ4n) is 2.95. The van der Waals surface area contributed by atoms with Crippen LogP contribution < -0.4 is 9.64 Å². The minimum absolute atomic E-state index is 0.255. The number of ether oxygens (including phenoxy) is 1. The topological polar surface area (TPSA) is 66.8 Å². The first-order chi connectivity index (χ1) is 12.6. The van der Waals surface area contributed by atoms with Gasteiger partial charge in [0.2, 0.25) is 5.91 Å². The molecule has 1 N–H and O–H groups in total. The lowest BCUT2D eigenvalue weighted by Gasteiger charge is -2.23. The summed E-state index contributed by atoms with van der Waals surface area (Å²) >= 11 is 1.39. The molecule has 0 saturated carbocycles. The maximum Gasteiger partial charge on any atom is 0.264 e. The second kappa shape index (κ2) is 7.93. The molecular weight excluding hydrogens is 350 g/mol. The Labute approximate surface area is 157 Å². The number of hydrogen-bond acceptors (Lipinski definition) is 5. The number of benzene rings is 2. The Morgan fingerprint density at radius 2 is 1.88 bits per heavy atom. The molecule has 1 heterocycles. The number of amides is 2. The molecule has 0 radical (unpaired) electrons. The lowest BCUT2D eigenvalue weighted by atomic mass is 10.1. The predicted octanol–water partition coefficient (Wildman–Crippen LogP) is 3.56. The van der Waals surface area contributed by atoms with Gasteiger partial charge >= 0.3 is 0 Å². The summed E-state index contributed by atoms with van der Waals surface area (Å²) in [5, 5.41) is 10.3. The van der Waals surface area contributed by atoms with E-state index in [1.165, 1.54) is 11.8 Å². The quantitative estimate of drug-likeness (QED) is 0.890. The van der Waals surface area contributed by atoms with Crippen LogP contribution in [-0.2, 0) is 9.59 Å². The molecule has 26 heavy (non-hydrogen) atoms. The van der Waals surface area contributed by atoms with Gasteiger partial charge in [-0.05, 0) is 36.2 Å². The zero-order chi connectivity index (χ0) is 18.7. The maximum atomic E-state index is 12.9. The normalized spacial score (nSPS) is 19.7. The number of aliphatic hydroxyl groups excluding tert-OH is 1. The van der Waals surface area contributed by atoms with E-state index in [2.05, 4.69) is 0 Å². The molecule has 0 unspecified atom stereocenters. The van der Waals surface area contributed by atoms with Crippen molar-refractivity contribution < 1.29 is 19.4 Å². The number of para-hydroxylation sites is 1. The minimum Gasteiger partial charge on any atom is -0.497 e. The fraction of sp³-hybridized carbons (Fsp3) is 0.300. The van der Waals surface area contributed by atoms with Gasteiger partial charge in [-0.25, -0.2) is 4.90 Å². The fourth-order valence-corrected chi connectivity index (χ4v) is 4.20. The van der Waals surface area contributed by atoms with Crippen molar-refractivity contribution in [3.8, 4) is 5.75 Å². The van der Waals surface area contributed by atoms with Crippen molar-refractivity contribution in [2.45, 2.75) is 36.0 Å². The highest BCUT2D eigenvalue weighted by Crippen LogP contribution is 2.46. The molecule has 2 aromatic rings. The number of thioether (sulfide) groups is 1. The molecule has 3 rings (SSSR count). The van der Waals surface area contributed by atoms with E-state index < -0.39 is 17.3 Å². The van der Waals surface area contributed by atoms with E-state index >= 15 is 0 Å². The summed E-state index contributed by atoms with van der Waals surface area (Å²) in [6.07, 6.45) is -0.428. The highest BCUT2D eigenvalue weighted by molar-refractivity contribution is 7.99. The van der Waals surface area contributed by atoms with E-state index in [0.29, 0.717) is 17.9 Å². The highest BCUT2D eigenvalue weighted by atomic mass is 32.2. The van der Waals surface area contributed by atoms with Crippen LogP contribution >= 0.6 is 11.8 Å². The molecule has 0 aromatic heterocycles. The van der Waals surface area contributed by atoms with Gasteiger partial charge in [0.1, 0.15) is 11.9 Å². The standard InChI is InChI=1S/C20H21NO4S/c1-3-6-17(22)21-15-7-4-5-8-16(15)26-19(18(23)20(21)24)13-9-11-14(25-2)12-10-13/h4-5,7-12,18-19,23H,3,6H2,1-2H3/t18-,19+/m1/s1. The molecule has 1 aliphatic rings. The van der Waals surface area contributed by atoms with Crippen LogP contribution in [0.5, 0.6) is 5.75 Å². The number of carbonyl (C=O) groups is 2. The number of imide groups is 1. The molecule has 0 aliphatic carbocycles. The third-order valence-corrected chi connectivity index (χ3v) is 5.66. The Hall–Kier alpha value is -2.31. The highest BCUT2D eigenvalue weighted by Gasteiger charge is 2.39. The van der Waals surface area contributed by atoms with E-state index in [1.54, 1.807) is 31.4 Å². The van der Waals surface area contributed by atoms with Crippen molar-refractivity contribution in [3.05, 3.63) is 54.1 Å². The molecular formula is C20H21NO4S. The average molecular weight is 371 g/mol. The summed E-state index contributed by atoms with van der Waals surface area (Å²) in [6, 6.07) is 14.5. The van der Waals surface area contributed by atoms with E-state index in [1.807, 2.05) is 31.2 Å². The third kappa shape index (κ3) is 3.48. The largest absolute Gasteiger partial charge is 0.497 e. The van der Waals surface area contributed by atoms with E-state index in [0.717, 1.165) is 15.4 Å². The SMILES string of the molecule is CCCC(=O)N1C(=O)[C@H](O)[C@H](c2ccc(OC)cc2)Sc2ccccc21. The first-order valence-corrected chi connectivity index (χ1v) is 9.39. The van der Waals surface area contributed by atoms with Crippen molar-refractivity contribution in [3.63, 3.8) is 0 Å². The number of methoxy groups -OCH3 is 1. The van der Waals surface area contributed by atoms with Crippen LogP contribution in [-0.4, -0.2) is 30.1 Å². The van der Waals surface area contributed by atoms with E-state index in [4.69, 9.17) is 4.74 Å². The minimum atomic E-state index is -1.32. The number of carbonyl (C=O) groups excluding carboxylic acids is 2. The number of fused-ring (bicyclic) bond motifs is 1. The lowest BCUT2D eigenvalue weighted by Crippen LogP contribution is -2.44. The zero-order valence-electron chi connectivity index (χ0n) is 14.7. The molecule has 0 spiro atoms. The molecule has 6 heteroatoms. The molecule has 136 valence electrons. The van der Waals surface area contributed by atoms with Crippen LogP contribution in [0.2, 0.25) is 0 Å². The summed E-state index contributed by atoms with van der Waals surface area (Å²) in [5.41, 5.74) is 1.34. The van der Waals surface area contributed by atoms with Crippen molar-refractivity contribution in [1.82, 2.24) is 0 Å². The second-order valence-electron chi connectivity index (χ2n) is 6.04. The van der Waals surface area contributed by atoms with E-state index in [9.17, 15) is 14.7 Å². The van der Waals surface area contributed by atoms with Gasteiger partial charge in [-0.3, -0.25) is 9.59 Å².